The van der Waals surface area contributed by atoms with Crippen LogP contribution in [0.3, 0.4) is 0 Å². The molecule has 8 heteroatoms. The molecule has 5 nitrogen and oxygen atoms in total. The average Bonchev–Trinajstić information content (AvgIpc) is 2.98. The number of hydrogen-bond donors (Lipinski definition) is 1. The van der Waals surface area contributed by atoms with E-state index in [1.807, 2.05) is 0 Å². The fraction of sp³-hybridized carbons (Fsp3) is 0.400. The maximum absolute atomic E-state index is 12.5. The minimum atomic E-state index is -4.89. The van der Waals surface area contributed by atoms with Crippen molar-refractivity contribution in [2.75, 3.05) is 6.61 Å². The topological polar surface area (TPSA) is 67.8 Å². The Morgan fingerprint density at radius 3 is 2.61 bits per heavy atom. The number of carbonyl (C=O) groups is 2. The van der Waals surface area contributed by atoms with Crippen molar-refractivity contribution < 1.29 is 27.5 Å². The van der Waals surface area contributed by atoms with Crippen molar-refractivity contribution in [3.05, 3.63) is 30.3 Å². The molecule has 0 heterocycles. The van der Waals surface area contributed by atoms with Gasteiger partial charge in [0.2, 0.25) is 5.78 Å². The minimum Gasteiger partial charge on any atom is -0.484 e. The number of ketones is 1. The third kappa shape index (κ3) is 4.80. The smallest absolute Gasteiger partial charge is 0.450 e. The Morgan fingerprint density at radius 2 is 1.96 bits per heavy atom. The number of benzene rings is 1. The van der Waals surface area contributed by atoms with Gasteiger partial charge < -0.3 is 4.74 Å². The lowest BCUT2D eigenvalue weighted by molar-refractivity contribution is -0.173. The van der Waals surface area contributed by atoms with Crippen molar-refractivity contribution in [1.82, 2.24) is 5.43 Å². The molecule has 0 aliphatic heterocycles. The summed E-state index contributed by atoms with van der Waals surface area (Å²) in [4.78, 5) is 22.9. The lowest BCUT2D eigenvalue weighted by Gasteiger charge is -2.12. The number of amides is 1. The van der Waals surface area contributed by atoms with E-state index >= 15 is 0 Å². The number of nitrogens with one attached hydrogen (secondary N) is 1. The van der Waals surface area contributed by atoms with Crippen LogP contribution in [0.1, 0.15) is 19.3 Å². The van der Waals surface area contributed by atoms with Gasteiger partial charge in [-0.2, -0.15) is 18.3 Å². The van der Waals surface area contributed by atoms with Gasteiger partial charge in [0.25, 0.3) is 5.91 Å². The predicted molar refractivity (Wildman–Crippen MR) is 75.9 cm³/mol. The molecule has 1 amide bonds. The summed E-state index contributed by atoms with van der Waals surface area (Å²) < 4.78 is 42.6. The Labute approximate surface area is 130 Å². The molecule has 0 aromatic heterocycles. The number of Topliss-reactive ketones (excluding diaryl/α,β-unsaturated/α-hetero) is 1. The molecule has 124 valence electrons. The third-order valence-corrected chi connectivity index (χ3v) is 3.36. The summed E-state index contributed by atoms with van der Waals surface area (Å²) in [6.07, 6.45) is -4.11. The number of para-hydroxylation sites is 1. The standard InChI is InChI=1S/C15H15F3N2O3/c16-15(17,18)14(22)11-7-4-8-12(11)19-20-13(21)9-23-10-5-2-1-3-6-10/h1-3,5-6,11H,4,7-9H2,(H,20,21). The van der Waals surface area contributed by atoms with Gasteiger partial charge in [0.1, 0.15) is 5.75 Å². The van der Waals surface area contributed by atoms with Gasteiger partial charge in [-0.1, -0.05) is 18.2 Å². The van der Waals surface area contributed by atoms with Crippen LogP contribution in [0.2, 0.25) is 0 Å². The molecule has 2 rings (SSSR count). The number of carbonyl (C=O) groups excluding carboxylic acids is 2. The average molecular weight is 328 g/mol. The monoisotopic (exact) mass is 328 g/mol. The SMILES string of the molecule is O=C(COc1ccccc1)NN=C1CCCC1C(=O)C(F)(F)F. The fourth-order valence-electron chi connectivity index (χ4n) is 2.27. The molecule has 1 fully saturated rings. The van der Waals surface area contributed by atoms with E-state index in [2.05, 4.69) is 10.5 Å². The van der Waals surface area contributed by atoms with Crippen molar-refractivity contribution in [2.45, 2.75) is 25.4 Å². The van der Waals surface area contributed by atoms with Gasteiger partial charge in [0.15, 0.2) is 6.61 Å². The van der Waals surface area contributed by atoms with Gasteiger partial charge >= 0.3 is 6.18 Å². The van der Waals surface area contributed by atoms with Crippen LogP contribution in [-0.2, 0) is 9.59 Å². The quantitative estimate of drug-likeness (QED) is 0.844. The Balaban J connectivity index is 1.88. The van der Waals surface area contributed by atoms with Crippen molar-refractivity contribution in [3.63, 3.8) is 0 Å². The summed E-state index contributed by atoms with van der Waals surface area (Å²) in [5, 5.41) is 3.67. The molecule has 0 bridgehead atoms. The molecule has 0 spiro atoms. The number of ether oxygens (including phenoxy) is 1. The lowest BCUT2D eigenvalue weighted by atomic mass is 10.0. The van der Waals surface area contributed by atoms with Gasteiger partial charge in [0.05, 0.1) is 5.92 Å². The summed E-state index contributed by atoms with van der Waals surface area (Å²) in [6, 6.07) is 8.58. The van der Waals surface area contributed by atoms with Crippen LogP contribution < -0.4 is 10.2 Å². The molecule has 1 atom stereocenters. The zero-order valence-electron chi connectivity index (χ0n) is 12.1. The normalized spacial score (nSPS) is 19.6. The van der Waals surface area contributed by atoms with Gasteiger partial charge in [-0.15, -0.1) is 0 Å². The van der Waals surface area contributed by atoms with Crippen LogP contribution in [0.5, 0.6) is 5.75 Å². The highest BCUT2D eigenvalue weighted by atomic mass is 19.4. The molecule has 1 aliphatic carbocycles. The zero-order chi connectivity index (χ0) is 16.9. The van der Waals surface area contributed by atoms with Gasteiger partial charge in [-0.3, -0.25) is 9.59 Å². The largest absolute Gasteiger partial charge is 0.484 e. The highest BCUT2D eigenvalue weighted by Gasteiger charge is 2.46. The van der Waals surface area contributed by atoms with E-state index in [1.165, 1.54) is 0 Å². The van der Waals surface area contributed by atoms with Crippen LogP contribution in [0.25, 0.3) is 0 Å². The first-order chi connectivity index (χ1) is 10.9. The van der Waals surface area contributed by atoms with E-state index in [-0.39, 0.29) is 25.2 Å². The third-order valence-electron chi connectivity index (χ3n) is 3.36. The van der Waals surface area contributed by atoms with Crippen LogP contribution in [0.15, 0.2) is 35.4 Å². The molecule has 1 aromatic carbocycles. The number of alkyl halides is 3. The summed E-state index contributed by atoms with van der Waals surface area (Å²) in [5.74, 6) is -3.23. The second-order valence-corrected chi connectivity index (χ2v) is 5.05. The van der Waals surface area contributed by atoms with E-state index in [4.69, 9.17) is 4.74 Å². The molecule has 1 N–H and O–H groups in total. The Morgan fingerprint density at radius 1 is 1.26 bits per heavy atom. The van der Waals surface area contributed by atoms with Crippen LogP contribution in [0, 0.1) is 5.92 Å². The van der Waals surface area contributed by atoms with Crippen LogP contribution >= 0.6 is 0 Å². The minimum absolute atomic E-state index is 0.0559. The zero-order valence-corrected chi connectivity index (χ0v) is 12.1. The summed E-state index contributed by atoms with van der Waals surface area (Å²) in [6.45, 7) is -0.321. The first kappa shape index (κ1) is 17.0. The second kappa shape index (κ2) is 7.26. The molecule has 1 aromatic rings. The predicted octanol–water partition coefficient (Wildman–Crippen LogP) is 2.47. The van der Waals surface area contributed by atoms with Crippen molar-refractivity contribution in [2.24, 2.45) is 11.0 Å². The van der Waals surface area contributed by atoms with Crippen LogP contribution in [0.4, 0.5) is 13.2 Å². The first-order valence-electron chi connectivity index (χ1n) is 7.02. The summed E-state index contributed by atoms with van der Waals surface area (Å²) in [7, 11) is 0. The molecule has 0 radical (unpaired) electrons. The first-order valence-corrected chi connectivity index (χ1v) is 7.02. The molecular weight excluding hydrogens is 313 g/mol. The highest BCUT2D eigenvalue weighted by Crippen LogP contribution is 2.30. The molecule has 23 heavy (non-hydrogen) atoms. The van der Waals surface area contributed by atoms with Crippen molar-refractivity contribution in [3.8, 4) is 5.75 Å². The lowest BCUT2D eigenvalue weighted by Crippen LogP contribution is -2.34. The maximum Gasteiger partial charge on any atom is 0.450 e. The van der Waals surface area contributed by atoms with Crippen molar-refractivity contribution in [1.29, 1.82) is 0 Å². The fourth-order valence-corrected chi connectivity index (χ4v) is 2.27. The Kier molecular flexibility index (Phi) is 5.36. The van der Waals surface area contributed by atoms with E-state index < -0.39 is 23.8 Å². The van der Waals surface area contributed by atoms with E-state index in [0.29, 0.717) is 12.2 Å². The molecular formula is C15H15F3N2O3. The van der Waals surface area contributed by atoms with Gasteiger partial charge in [-0.25, -0.2) is 5.43 Å². The van der Waals surface area contributed by atoms with E-state index in [0.717, 1.165) is 0 Å². The number of rotatable bonds is 5. The number of halogens is 3. The number of nitrogens with zero attached hydrogens (tertiary/aromatic N) is 1. The second-order valence-electron chi connectivity index (χ2n) is 5.05. The summed E-state index contributed by atoms with van der Waals surface area (Å²) >= 11 is 0. The number of hydrazone groups is 1. The Bertz CT molecular complexity index is 600. The number of hydrogen-bond acceptors (Lipinski definition) is 4. The Hall–Kier alpha value is -2.38. The highest BCUT2D eigenvalue weighted by molar-refractivity contribution is 6.08. The van der Waals surface area contributed by atoms with E-state index in [1.54, 1.807) is 30.3 Å². The van der Waals surface area contributed by atoms with Gasteiger partial charge in [-0.05, 0) is 31.4 Å². The van der Waals surface area contributed by atoms with Crippen molar-refractivity contribution >= 4 is 17.4 Å². The van der Waals surface area contributed by atoms with Crippen LogP contribution in [-0.4, -0.2) is 30.2 Å². The maximum atomic E-state index is 12.5. The molecule has 1 saturated carbocycles. The molecule has 1 aliphatic rings. The molecule has 0 saturated heterocycles. The molecule has 1 unspecified atom stereocenters. The van der Waals surface area contributed by atoms with Gasteiger partial charge in [0, 0.05) is 5.71 Å². The summed E-state index contributed by atoms with van der Waals surface area (Å²) in [5.41, 5.74) is 2.19. The van der Waals surface area contributed by atoms with E-state index in [9.17, 15) is 22.8 Å².